The highest BCUT2D eigenvalue weighted by Crippen LogP contribution is 2.25. The molecular weight excluding hydrogens is 206 g/mol. The van der Waals surface area contributed by atoms with Crippen LogP contribution < -0.4 is 10.6 Å². The van der Waals surface area contributed by atoms with Gasteiger partial charge in [0, 0.05) is 26.1 Å². The summed E-state index contributed by atoms with van der Waals surface area (Å²) in [6.07, 6.45) is 2.49. The minimum atomic E-state index is 0.220. The van der Waals surface area contributed by atoms with Crippen molar-refractivity contribution in [3.63, 3.8) is 0 Å². The van der Waals surface area contributed by atoms with Crippen LogP contribution in [0.3, 0.4) is 0 Å². The number of hydrogen-bond acceptors (Lipinski definition) is 6. The summed E-state index contributed by atoms with van der Waals surface area (Å²) < 4.78 is 5.37. The normalized spacial score (nSPS) is 20.9. The van der Waals surface area contributed by atoms with Crippen molar-refractivity contribution in [3.05, 3.63) is 12.2 Å². The summed E-state index contributed by atoms with van der Waals surface area (Å²) in [6, 6.07) is 0.220. The first kappa shape index (κ1) is 9.53. The van der Waals surface area contributed by atoms with Gasteiger partial charge < -0.3 is 15.1 Å². The molecule has 1 saturated heterocycles. The highest BCUT2D eigenvalue weighted by atomic mass is 16.4. The van der Waals surface area contributed by atoms with E-state index in [4.69, 9.17) is 10.2 Å². The van der Waals surface area contributed by atoms with E-state index in [0.717, 1.165) is 30.8 Å². The molecule has 1 fully saturated rings. The third-order valence-corrected chi connectivity index (χ3v) is 2.81. The summed E-state index contributed by atoms with van der Waals surface area (Å²) >= 11 is 0. The van der Waals surface area contributed by atoms with Gasteiger partial charge in [0.2, 0.25) is 0 Å². The molecule has 1 aliphatic rings. The number of rotatable bonds is 1. The van der Waals surface area contributed by atoms with Crippen molar-refractivity contribution < 1.29 is 4.42 Å². The molecular formula is C10H13N5O. The smallest absolute Gasteiger partial charge is 0.252 e. The van der Waals surface area contributed by atoms with Gasteiger partial charge in [-0.05, 0) is 6.42 Å². The number of aryl methyl sites for hydroxylation is 1. The van der Waals surface area contributed by atoms with E-state index < -0.39 is 0 Å². The Balaban J connectivity index is 2.09. The zero-order valence-electron chi connectivity index (χ0n) is 9.05. The molecule has 6 nitrogen and oxygen atoms in total. The van der Waals surface area contributed by atoms with Gasteiger partial charge in [-0.3, -0.25) is 0 Å². The summed E-state index contributed by atoms with van der Waals surface area (Å²) in [5.74, 6) is 1.44. The lowest BCUT2D eigenvalue weighted by Crippen LogP contribution is -2.27. The molecule has 0 bridgehead atoms. The number of oxazole rings is 1. The van der Waals surface area contributed by atoms with Crippen LogP contribution in [0.25, 0.3) is 11.2 Å². The SMILES string of the molecule is Cc1nc2c(N3CCC(N)C3)ncnc2o1. The molecule has 1 unspecified atom stereocenters. The maximum absolute atomic E-state index is 5.88. The van der Waals surface area contributed by atoms with Crippen molar-refractivity contribution in [2.24, 2.45) is 5.73 Å². The molecule has 16 heavy (non-hydrogen) atoms. The molecule has 2 aromatic rings. The molecule has 0 radical (unpaired) electrons. The fourth-order valence-corrected chi connectivity index (χ4v) is 2.06. The monoisotopic (exact) mass is 219 g/mol. The van der Waals surface area contributed by atoms with Crippen LogP contribution in [0.15, 0.2) is 10.7 Å². The van der Waals surface area contributed by atoms with Crippen molar-refractivity contribution in [1.29, 1.82) is 0 Å². The van der Waals surface area contributed by atoms with Crippen LogP contribution >= 0.6 is 0 Å². The van der Waals surface area contributed by atoms with Gasteiger partial charge in [0.05, 0.1) is 0 Å². The molecule has 84 valence electrons. The zero-order valence-corrected chi connectivity index (χ0v) is 9.05. The van der Waals surface area contributed by atoms with E-state index in [1.54, 1.807) is 6.92 Å². The second-order valence-corrected chi connectivity index (χ2v) is 4.08. The van der Waals surface area contributed by atoms with E-state index in [9.17, 15) is 0 Å². The van der Waals surface area contributed by atoms with Gasteiger partial charge in [-0.2, -0.15) is 4.98 Å². The summed E-state index contributed by atoms with van der Waals surface area (Å²) in [5.41, 5.74) is 7.16. The molecule has 0 saturated carbocycles. The molecule has 1 aliphatic heterocycles. The Labute approximate surface area is 92.5 Å². The van der Waals surface area contributed by atoms with Crippen LogP contribution in [0, 0.1) is 6.92 Å². The molecule has 2 N–H and O–H groups in total. The number of fused-ring (bicyclic) bond motifs is 1. The fraction of sp³-hybridized carbons (Fsp3) is 0.500. The van der Waals surface area contributed by atoms with Gasteiger partial charge in [0.1, 0.15) is 6.33 Å². The van der Waals surface area contributed by atoms with Gasteiger partial charge in [-0.15, -0.1) is 0 Å². The zero-order chi connectivity index (χ0) is 11.1. The number of anilines is 1. The molecule has 6 heteroatoms. The highest BCUT2D eigenvalue weighted by Gasteiger charge is 2.23. The van der Waals surface area contributed by atoms with Crippen LogP contribution in [0.4, 0.5) is 5.82 Å². The van der Waals surface area contributed by atoms with Crippen molar-refractivity contribution in [2.75, 3.05) is 18.0 Å². The number of aromatic nitrogens is 3. The molecule has 0 aromatic carbocycles. The Morgan fingerprint density at radius 2 is 2.38 bits per heavy atom. The topological polar surface area (TPSA) is 81.1 Å². The lowest BCUT2D eigenvalue weighted by molar-refractivity contribution is 0.551. The molecule has 0 spiro atoms. The van der Waals surface area contributed by atoms with Crippen LogP contribution in [0.2, 0.25) is 0 Å². The van der Waals surface area contributed by atoms with E-state index in [0.29, 0.717) is 11.6 Å². The minimum absolute atomic E-state index is 0.220. The summed E-state index contributed by atoms with van der Waals surface area (Å²) in [4.78, 5) is 14.8. The summed E-state index contributed by atoms with van der Waals surface area (Å²) in [7, 11) is 0. The Kier molecular flexibility index (Phi) is 2.03. The van der Waals surface area contributed by atoms with Crippen LogP contribution in [0.1, 0.15) is 12.3 Å². The average Bonchev–Trinajstić information content (AvgIpc) is 2.82. The standard InChI is InChI=1S/C10H13N5O/c1-6-14-8-9(12-5-13-10(8)16-6)15-3-2-7(11)4-15/h5,7H,2-4,11H2,1H3. The number of nitrogens with two attached hydrogens (primary N) is 1. The second kappa shape index (κ2) is 3.41. The van der Waals surface area contributed by atoms with Gasteiger partial charge in [0.25, 0.3) is 5.71 Å². The van der Waals surface area contributed by atoms with Gasteiger partial charge >= 0.3 is 0 Å². The quantitative estimate of drug-likeness (QED) is 0.750. The maximum atomic E-state index is 5.88. The molecule has 3 heterocycles. The average molecular weight is 219 g/mol. The molecule has 2 aromatic heterocycles. The van der Waals surface area contributed by atoms with E-state index in [-0.39, 0.29) is 6.04 Å². The second-order valence-electron chi connectivity index (χ2n) is 4.08. The van der Waals surface area contributed by atoms with Crippen LogP contribution in [-0.4, -0.2) is 34.1 Å². The van der Waals surface area contributed by atoms with Crippen molar-refractivity contribution in [2.45, 2.75) is 19.4 Å². The van der Waals surface area contributed by atoms with Crippen molar-refractivity contribution in [1.82, 2.24) is 15.0 Å². The van der Waals surface area contributed by atoms with E-state index in [2.05, 4.69) is 19.9 Å². The molecule has 3 rings (SSSR count). The van der Waals surface area contributed by atoms with Crippen molar-refractivity contribution >= 4 is 17.0 Å². The molecule has 0 aliphatic carbocycles. The predicted molar refractivity (Wildman–Crippen MR) is 59.1 cm³/mol. The van der Waals surface area contributed by atoms with Crippen molar-refractivity contribution in [3.8, 4) is 0 Å². The molecule has 1 atom stereocenters. The first-order valence-electron chi connectivity index (χ1n) is 5.32. The highest BCUT2D eigenvalue weighted by molar-refractivity contribution is 5.81. The minimum Gasteiger partial charge on any atom is -0.422 e. The Bertz CT molecular complexity index is 523. The van der Waals surface area contributed by atoms with Crippen LogP contribution in [0.5, 0.6) is 0 Å². The third-order valence-electron chi connectivity index (χ3n) is 2.81. The number of nitrogens with zero attached hydrogens (tertiary/aromatic N) is 4. The first-order chi connectivity index (χ1) is 7.74. The Hall–Kier alpha value is -1.69. The Morgan fingerprint density at radius 3 is 3.12 bits per heavy atom. The predicted octanol–water partition coefficient (Wildman–Crippen LogP) is 0.464. The largest absolute Gasteiger partial charge is 0.422 e. The number of hydrogen-bond donors (Lipinski definition) is 1. The molecule has 0 amide bonds. The van der Waals surface area contributed by atoms with Gasteiger partial charge in [-0.25, -0.2) is 9.97 Å². The summed E-state index contributed by atoms with van der Waals surface area (Å²) in [5, 5.41) is 0. The first-order valence-corrected chi connectivity index (χ1v) is 5.32. The lowest BCUT2D eigenvalue weighted by Gasteiger charge is -2.15. The van der Waals surface area contributed by atoms with Crippen LogP contribution in [-0.2, 0) is 0 Å². The lowest BCUT2D eigenvalue weighted by atomic mass is 10.3. The fourth-order valence-electron chi connectivity index (χ4n) is 2.06. The third kappa shape index (κ3) is 1.42. The summed E-state index contributed by atoms with van der Waals surface area (Å²) in [6.45, 7) is 3.54. The van der Waals surface area contributed by atoms with E-state index in [1.807, 2.05) is 0 Å². The Morgan fingerprint density at radius 1 is 1.50 bits per heavy atom. The van der Waals surface area contributed by atoms with E-state index in [1.165, 1.54) is 6.33 Å². The van der Waals surface area contributed by atoms with Gasteiger partial charge in [0.15, 0.2) is 17.2 Å². The van der Waals surface area contributed by atoms with Gasteiger partial charge in [-0.1, -0.05) is 0 Å². The maximum Gasteiger partial charge on any atom is 0.252 e. The van der Waals surface area contributed by atoms with E-state index >= 15 is 0 Å².